The number of hydrogen-bond donors (Lipinski definition) is 1. The minimum atomic E-state index is 0.710. The normalized spacial score (nSPS) is 20.6. The standard InChI is InChI=1S/C13H19BrN2S/c1-10-9-16(6-7-17-10)13-3-2-12(14)8-11(13)4-5-15/h2-3,8,10H,4-7,9,15H2,1H3. The quantitative estimate of drug-likeness (QED) is 0.930. The summed E-state index contributed by atoms with van der Waals surface area (Å²) in [6, 6.07) is 6.55. The fourth-order valence-corrected chi connectivity index (χ4v) is 3.68. The highest BCUT2D eigenvalue weighted by atomic mass is 79.9. The van der Waals surface area contributed by atoms with E-state index >= 15 is 0 Å². The van der Waals surface area contributed by atoms with Gasteiger partial charge >= 0.3 is 0 Å². The Morgan fingerprint density at radius 2 is 2.35 bits per heavy atom. The van der Waals surface area contributed by atoms with Gasteiger partial charge in [0.05, 0.1) is 0 Å². The first-order valence-corrected chi connectivity index (χ1v) is 7.90. The molecular weight excluding hydrogens is 296 g/mol. The van der Waals surface area contributed by atoms with Crippen molar-refractivity contribution in [3.8, 4) is 0 Å². The van der Waals surface area contributed by atoms with E-state index in [1.807, 2.05) is 0 Å². The van der Waals surface area contributed by atoms with Crippen molar-refractivity contribution >= 4 is 33.4 Å². The van der Waals surface area contributed by atoms with Crippen LogP contribution in [0.5, 0.6) is 0 Å². The second kappa shape index (κ2) is 6.12. The Morgan fingerprint density at radius 1 is 1.53 bits per heavy atom. The van der Waals surface area contributed by atoms with Crippen molar-refractivity contribution in [3.05, 3.63) is 28.2 Å². The fourth-order valence-electron chi connectivity index (χ4n) is 2.26. The van der Waals surface area contributed by atoms with E-state index in [0.717, 1.165) is 29.2 Å². The first kappa shape index (κ1) is 13.2. The summed E-state index contributed by atoms with van der Waals surface area (Å²) in [5.74, 6) is 1.22. The number of halogens is 1. The third-order valence-electron chi connectivity index (χ3n) is 3.04. The van der Waals surface area contributed by atoms with Crippen LogP contribution in [0.25, 0.3) is 0 Å². The molecule has 4 heteroatoms. The number of benzene rings is 1. The van der Waals surface area contributed by atoms with Gasteiger partial charge in [-0.05, 0) is 36.7 Å². The largest absolute Gasteiger partial charge is 0.369 e. The van der Waals surface area contributed by atoms with Crippen LogP contribution < -0.4 is 10.6 Å². The van der Waals surface area contributed by atoms with E-state index in [1.54, 1.807) is 0 Å². The van der Waals surface area contributed by atoms with Crippen LogP contribution in [0.1, 0.15) is 12.5 Å². The molecule has 2 N–H and O–H groups in total. The van der Waals surface area contributed by atoms with Gasteiger partial charge in [0.2, 0.25) is 0 Å². The fraction of sp³-hybridized carbons (Fsp3) is 0.538. The lowest BCUT2D eigenvalue weighted by Gasteiger charge is -2.34. The van der Waals surface area contributed by atoms with Crippen LogP contribution in [0.15, 0.2) is 22.7 Å². The number of hydrogen-bond acceptors (Lipinski definition) is 3. The molecule has 1 aliphatic heterocycles. The number of nitrogens with zero attached hydrogens (tertiary/aromatic N) is 1. The number of anilines is 1. The number of rotatable bonds is 3. The Bertz CT molecular complexity index is 384. The molecule has 1 saturated heterocycles. The summed E-state index contributed by atoms with van der Waals surface area (Å²) in [6.45, 7) is 5.30. The summed E-state index contributed by atoms with van der Waals surface area (Å²) in [5, 5.41) is 0.720. The topological polar surface area (TPSA) is 29.3 Å². The van der Waals surface area contributed by atoms with Crippen LogP contribution in [0.4, 0.5) is 5.69 Å². The Kier molecular flexibility index (Phi) is 4.77. The Balaban J connectivity index is 2.23. The summed E-state index contributed by atoms with van der Waals surface area (Å²) in [7, 11) is 0. The van der Waals surface area contributed by atoms with Gasteiger partial charge in [0.25, 0.3) is 0 Å². The van der Waals surface area contributed by atoms with Gasteiger partial charge in [0, 0.05) is 34.3 Å². The van der Waals surface area contributed by atoms with E-state index in [1.165, 1.54) is 17.0 Å². The molecule has 1 aromatic carbocycles. The maximum absolute atomic E-state index is 5.70. The summed E-state index contributed by atoms with van der Waals surface area (Å²) < 4.78 is 1.14. The summed E-state index contributed by atoms with van der Waals surface area (Å²) in [5.41, 5.74) is 8.43. The monoisotopic (exact) mass is 314 g/mol. The van der Waals surface area contributed by atoms with Crippen molar-refractivity contribution in [3.63, 3.8) is 0 Å². The molecule has 2 nitrogen and oxygen atoms in total. The zero-order chi connectivity index (χ0) is 12.3. The maximum Gasteiger partial charge on any atom is 0.0400 e. The molecular formula is C13H19BrN2S. The van der Waals surface area contributed by atoms with E-state index < -0.39 is 0 Å². The molecule has 0 radical (unpaired) electrons. The van der Waals surface area contributed by atoms with E-state index in [2.05, 4.69) is 57.7 Å². The van der Waals surface area contributed by atoms with Crippen LogP contribution >= 0.6 is 27.7 Å². The Hall–Kier alpha value is -0.190. The van der Waals surface area contributed by atoms with Crippen LogP contribution in [0.3, 0.4) is 0 Å². The predicted molar refractivity (Wildman–Crippen MR) is 81.0 cm³/mol. The lowest BCUT2D eigenvalue weighted by atomic mass is 10.1. The van der Waals surface area contributed by atoms with E-state index in [0.29, 0.717) is 6.54 Å². The Labute approximate surface area is 116 Å². The smallest absolute Gasteiger partial charge is 0.0400 e. The van der Waals surface area contributed by atoms with Crippen molar-refractivity contribution < 1.29 is 0 Å². The van der Waals surface area contributed by atoms with E-state index in [-0.39, 0.29) is 0 Å². The molecule has 17 heavy (non-hydrogen) atoms. The third kappa shape index (κ3) is 3.39. The molecule has 1 atom stereocenters. The summed E-state index contributed by atoms with van der Waals surface area (Å²) in [4.78, 5) is 2.50. The SMILES string of the molecule is CC1CN(c2ccc(Br)cc2CCN)CCS1. The van der Waals surface area contributed by atoms with Gasteiger partial charge < -0.3 is 10.6 Å². The van der Waals surface area contributed by atoms with Crippen LogP contribution in [-0.4, -0.2) is 30.6 Å². The zero-order valence-corrected chi connectivity index (χ0v) is 12.6. The molecule has 2 rings (SSSR count). The second-order valence-corrected chi connectivity index (χ2v) is 6.90. The van der Waals surface area contributed by atoms with Crippen molar-refractivity contribution in [2.75, 3.05) is 30.3 Å². The molecule has 1 aromatic rings. The molecule has 94 valence electrons. The average molecular weight is 315 g/mol. The van der Waals surface area contributed by atoms with Crippen LogP contribution in [0, 0.1) is 0 Å². The van der Waals surface area contributed by atoms with E-state index in [4.69, 9.17) is 5.73 Å². The molecule has 0 aromatic heterocycles. The summed E-state index contributed by atoms with van der Waals surface area (Å²) in [6.07, 6.45) is 0.951. The zero-order valence-electron chi connectivity index (χ0n) is 10.2. The number of nitrogens with two attached hydrogens (primary N) is 1. The Morgan fingerprint density at radius 3 is 3.06 bits per heavy atom. The molecule has 1 fully saturated rings. The highest BCUT2D eigenvalue weighted by Gasteiger charge is 2.19. The molecule has 0 spiro atoms. The molecule has 1 unspecified atom stereocenters. The minimum absolute atomic E-state index is 0.710. The lowest BCUT2D eigenvalue weighted by molar-refractivity contribution is 0.775. The maximum atomic E-state index is 5.70. The van der Waals surface area contributed by atoms with Crippen LogP contribution in [0.2, 0.25) is 0 Å². The van der Waals surface area contributed by atoms with Gasteiger partial charge in [-0.15, -0.1) is 0 Å². The number of thioether (sulfide) groups is 1. The van der Waals surface area contributed by atoms with E-state index in [9.17, 15) is 0 Å². The van der Waals surface area contributed by atoms with Gasteiger partial charge in [-0.3, -0.25) is 0 Å². The molecule has 0 bridgehead atoms. The minimum Gasteiger partial charge on any atom is -0.369 e. The van der Waals surface area contributed by atoms with Crippen LogP contribution in [-0.2, 0) is 6.42 Å². The predicted octanol–water partition coefficient (Wildman–Crippen LogP) is 2.89. The lowest BCUT2D eigenvalue weighted by Crippen LogP contribution is -2.37. The highest BCUT2D eigenvalue weighted by molar-refractivity contribution is 9.10. The highest BCUT2D eigenvalue weighted by Crippen LogP contribution is 2.29. The van der Waals surface area contributed by atoms with Crippen molar-refractivity contribution in [1.82, 2.24) is 0 Å². The van der Waals surface area contributed by atoms with Gasteiger partial charge in [-0.25, -0.2) is 0 Å². The summed E-state index contributed by atoms with van der Waals surface area (Å²) >= 11 is 5.60. The first-order valence-electron chi connectivity index (χ1n) is 6.05. The van der Waals surface area contributed by atoms with Crippen molar-refractivity contribution in [2.45, 2.75) is 18.6 Å². The molecule has 0 amide bonds. The third-order valence-corrected chi connectivity index (χ3v) is 4.67. The van der Waals surface area contributed by atoms with Crippen molar-refractivity contribution in [1.29, 1.82) is 0 Å². The van der Waals surface area contributed by atoms with Gasteiger partial charge in [-0.2, -0.15) is 11.8 Å². The average Bonchev–Trinajstić information content (AvgIpc) is 2.29. The van der Waals surface area contributed by atoms with Gasteiger partial charge in [0.1, 0.15) is 0 Å². The molecule has 0 aliphatic carbocycles. The first-order chi connectivity index (χ1) is 8.20. The molecule has 0 saturated carbocycles. The second-order valence-electron chi connectivity index (χ2n) is 4.44. The van der Waals surface area contributed by atoms with Gasteiger partial charge in [-0.1, -0.05) is 22.9 Å². The molecule has 1 heterocycles. The van der Waals surface area contributed by atoms with Crippen molar-refractivity contribution in [2.24, 2.45) is 5.73 Å². The molecule has 1 aliphatic rings. The van der Waals surface area contributed by atoms with Gasteiger partial charge in [0.15, 0.2) is 0 Å².